The molecule has 4 nitrogen and oxygen atoms in total. The summed E-state index contributed by atoms with van der Waals surface area (Å²) in [4.78, 5) is 0. The van der Waals surface area contributed by atoms with Crippen LogP contribution in [-0.2, 0) is 15.5 Å². The van der Waals surface area contributed by atoms with Gasteiger partial charge in [0.2, 0.25) is 0 Å². The van der Waals surface area contributed by atoms with E-state index < -0.39 is 9.73 Å². The van der Waals surface area contributed by atoms with Gasteiger partial charge in [0, 0.05) is 27.7 Å². The zero-order valence-corrected chi connectivity index (χ0v) is 6.44. The minimum absolute atomic E-state index is 0.281. The molecule has 0 bridgehead atoms. The first-order chi connectivity index (χ1) is 4.58. The van der Waals surface area contributed by atoms with Gasteiger partial charge in [-0.2, -0.15) is 5.10 Å². The van der Waals surface area contributed by atoms with Gasteiger partial charge >= 0.3 is 0 Å². The number of nitrogens with one attached hydrogen (secondary N) is 2. The summed E-state index contributed by atoms with van der Waals surface area (Å²) in [5.41, 5.74) is 0.822. The molecule has 1 aromatic rings. The van der Waals surface area contributed by atoms with Gasteiger partial charge in [-0.05, 0) is 0 Å². The van der Waals surface area contributed by atoms with E-state index in [1.807, 2.05) is 0 Å². The second-order valence-electron chi connectivity index (χ2n) is 2.26. The van der Waals surface area contributed by atoms with Gasteiger partial charge < -0.3 is 0 Å². The van der Waals surface area contributed by atoms with E-state index in [1.54, 1.807) is 12.4 Å². The van der Waals surface area contributed by atoms with Crippen LogP contribution in [0.1, 0.15) is 5.56 Å². The van der Waals surface area contributed by atoms with E-state index in [4.69, 9.17) is 4.78 Å². The number of aromatic nitrogens is 2. The lowest BCUT2D eigenvalue weighted by Crippen LogP contribution is -1.96. The fourth-order valence-electron chi connectivity index (χ4n) is 0.675. The lowest BCUT2D eigenvalue weighted by Gasteiger charge is -1.94. The first-order valence-electron chi connectivity index (χ1n) is 2.77. The van der Waals surface area contributed by atoms with Crippen molar-refractivity contribution in [2.24, 2.45) is 0 Å². The molecule has 1 unspecified atom stereocenters. The van der Waals surface area contributed by atoms with E-state index in [9.17, 15) is 4.21 Å². The Hall–Kier alpha value is -0.840. The standard InChI is InChI=1S/C5H9N3OS/c1-10(6,9)4-5-2-7-8-3-5/h2-3,6H,4H2,1H3,(H,7,8). The molecule has 1 rings (SSSR count). The molecule has 0 amide bonds. The van der Waals surface area contributed by atoms with Crippen LogP contribution in [0.4, 0.5) is 0 Å². The van der Waals surface area contributed by atoms with E-state index in [2.05, 4.69) is 10.2 Å². The van der Waals surface area contributed by atoms with Crippen molar-refractivity contribution in [1.29, 1.82) is 4.78 Å². The number of rotatable bonds is 2. The summed E-state index contributed by atoms with van der Waals surface area (Å²) < 4.78 is 18.0. The van der Waals surface area contributed by atoms with Crippen LogP contribution < -0.4 is 0 Å². The van der Waals surface area contributed by atoms with Crippen LogP contribution in [-0.4, -0.2) is 20.7 Å². The SMILES string of the molecule is CS(=N)(=O)Cc1cn[nH]c1. The van der Waals surface area contributed by atoms with Crippen molar-refractivity contribution in [3.05, 3.63) is 18.0 Å². The molecule has 0 saturated carbocycles. The largest absolute Gasteiger partial charge is 0.285 e. The molecule has 0 aromatic carbocycles. The molecule has 1 atom stereocenters. The van der Waals surface area contributed by atoms with Crippen LogP contribution in [0.15, 0.2) is 12.4 Å². The van der Waals surface area contributed by atoms with Crippen molar-refractivity contribution in [3.8, 4) is 0 Å². The maximum atomic E-state index is 10.9. The average molecular weight is 159 g/mol. The Morgan fingerprint density at radius 1 is 1.90 bits per heavy atom. The molecule has 56 valence electrons. The number of H-pyrrole nitrogens is 1. The fraction of sp³-hybridized carbons (Fsp3) is 0.400. The van der Waals surface area contributed by atoms with Gasteiger partial charge in [0.05, 0.1) is 11.9 Å². The third kappa shape index (κ3) is 2.18. The summed E-state index contributed by atoms with van der Waals surface area (Å²) in [6.07, 6.45) is 4.65. The normalized spacial score (nSPS) is 16.5. The van der Waals surface area contributed by atoms with Crippen molar-refractivity contribution >= 4 is 9.73 Å². The molecule has 10 heavy (non-hydrogen) atoms. The van der Waals surface area contributed by atoms with Crippen molar-refractivity contribution in [3.63, 3.8) is 0 Å². The summed E-state index contributed by atoms with van der Waals surface area (Å²) in [6, 6.07) is 0. The predicted molar refractivity (Wildman–Crippen MR) is 39.1 cm³/mol. The molecular weight excluding hydrogens is 150 g/mol. The van der Waals surface area contributed by atoms with E-state index in [1.165, 1.54) is 6.26 Å². The van der Waals surface area contributed by atoms with Crippen LogP contribution in [0, 0.1) is 4.78 Å². The molecule has 0 spiro atoms. The monoisotopic (exact) mass is 159 g/mol. The first kappa shape index (κ1) is 7.27. The summed E-state index contributed by atoms with van der Waals surface area (Å²) in [5.74, 6) is 0.281. The number of hydrogen-bond donors (Lipinski definition) is 2. The maximum absolute atomic E-state index is 10.9. The molecule has 0 fully saturated rings. The maximum Gasteiger partial charge on any atom is 0.0594 e. The average Bonchev–Trinajstić information content (AvgIpc) is 2.12. The highest BCUT2D eigenvalue weighted by Gasteiger charge is 2.00. The number of aromatic amines is 1. The van der Waals surface area contributed by atoms with E-state index in [0.29, 0.717) is 0 Å². The Morgan fingerprint density at radius 2 is 2.60 bits per heavy atom. The Bertz CT molecular complexity index is 287. The molecule has 0 radical (unpaired) electrons. The van der Waals surface area contributed by atoms with Crippen molar-refractivity contribution < 1.29 is 4.21 Å². The molecule has 1 heterocycles. The minimum Gasteiger partial charge on any atom is -0.285 e. The molecular formula is C5H9N3OS. The highest BCUT2D eigenvalue weighted by Crippen LogP contribution is 2.00. The zero-order chi connectivity index (χ0) is 7.61. The highest BCUT2D eigenvalue weighted by atomic mass is 32.2. The quantitative estimate of drug-likeness (QED) is 0.663. The lowest BCUT2D eigenvalue weighted by atomic mass is 10.4. The smallest absolute Gasteiger partial charge is 0.0594 e. The predicted octanol–water partition coefficient (Wildman–Crippen LogP) is 0.586. The van der Waals surface area contributed by atoms with Crippen LogP contribution in [0.25, 0.3) is 0 Å². The summed E-state index contributed by atoms with van der Waals surface area (Å²) in [6.45, 7) is 0. The summed E-state index contributed by atoms with van der Waals surface area (Å²) in [7, 11) is -2.41. The van der Waals surface area contributed by atoms with Crippen LogP contribution in [0.5, 0.6) is 0 Å². The second-order valence-corrected chi connectivity index (χ2v) is 4.55. The third-order valence-corrected chi connectivity index (χ3v) is 1.88. The number of nitrogens with zero attached hydrogens (tertiary/aromatic N) is 1. The van der Waals surface area contributed by atoms with Crippen molar-refractivity contribution in [1.82, 2.24) is 10.2 Å². The van der Waals surface area contributed by atoms with Crippen LogP contribution in [0.3, 0.4) is 0 Å². The van der Waals surface area contributed by atoms with Gasteiger partial charge in [0.1, 0.15) is 0 Å². The van der Waals surface area contributed by atoms with Crippen LogP contribution >= 0.6 is 0 Å². The molecule has 0 saturated heterocycles. The molecule has 1 aromatic heterocycles. The summed E-state index contributed by atoms with van der Waals surface area (Å²) >= 11 is 0. The molecule has 0 aliphatic heterocycles. The first-order valence-corrected chi connectivity index (χ1v) is 4.90. The van der Waals surface area contributed by atoms with Gasteiger partial charge in [-0.25, -0.2) is 4.21 Å². The third-order valence-electron chi connectivity index (χ3n) is 0.997. The van der Waals surface area contributed by atoms with E-state index >= 15 is 0 Å². The molecule has 2 N–H and O–H groups in total. The Kier molecular flexibility index (Phi) is 1.76. The summed E-state index contributed by atoms with van der Waals surface area (Å²) in [5, 5.41) is 6.27. The highest BCUT2D eigenvalue weighted by molar-refractivity contribution is 7.90. The van der Waals surface area contributed by atoms with Gasteiger partial charge in [0.25, 0.3) is 0 Å². The van der Waals surface area contributed by atoms with Gasteiger partial charge in [-0.15, -0.1) is 0 Å². The molecule has 5 heteroatoms. The van der Waals surface area contributed by atoms with Gasteiger partial charge in [-0.1, -0.05) is 0 Å². The van der Waals surface area contributed by atoms with Crippen molar-refractivity contribution in [2.75, 3.05) is 6.26 Å². The minimum atomic E-state index is -2.41. The van der Waals surface area contributed by atoms with E-state index in [0.717, 1.165) is 5.56 Å². The fourth-order valence-corrected chi connectivity index (χ4v) is 1.47. The topological polar surface area (TPSA) is 69.6 Å². The van der Waals surface area contributed by atoms with Crippen LogP contribution in [0.2, 0.25) is 0 Å². The van der Waals surface area contributed by atoms with Gasteiger partial charge in [0.15, 0.2) is 0 Å². The Labute approximate surface area is 59.6 Å². The van der Waals surface area contributed by atoms with Gasteiger partial charge in [-0.3, -0.25) is 9.88 Å². The van der Waals surface area contributed by atoms with Crippen molar-refractivity contribution in [2.45, 2.75) is 5.75 Å². The molecule has 0 aliphatic carbocycles. The number of hydrogen-bond acceptors (Lipinski definition) is 3. The Morgan fingerprint density at radius 3 is 3.00 bits per heavy atom. The zero-order valence-electron chi connectivity index (χ0n) is 5.63. The molecule has 0 aliphatic rings. The second kappa shape index (κ2) is 2.42. The Balaban J connectivity index is 2.75. The van der Waals surface area contributed by atoms with E-state index in [-0.39, 0.29) is 5.75 Å². The lowest BCUT2D eigenvalue weighted by molar-refractivity contribution is 0.678.